The minimum Gasteiger partial charge on any atom is -0.458 e. The zero-order chi connectivity index (χ0) is 24.0. The summed E-state index contributed by atoms with van der Waals surface area (Å²) in [5.41, 5.74) is -0.0649. The highest BCUT2D eigenvalue weighted by Crippen LogP contribution is 2.39. The third-order valence-electron chi connectivity index (χ3n) is 5.61. The van der Waals surface area contributed by atoms with Crippen molar-refractivity contribution in [2.75, 3.05) is 12.3 Å². The largest absolute Gasteiger partial charge is 0.458 e. The van der Waals surface area contributed by atoms with Gasteiger partial charge in [0.25, 0.3) is 0 Å². The van der Waals surface area contributed by atoms with E-state index in [0.717, 1.165) is 16.7 Å². The number of nitrogens with one attached hydrogen (secondary N) is 1. The second-order valence-corrected chi connectivity index (χ2v) is 9.34. The van der Waals surface area contributed by atoms with Gasteiger partial charge in [0.05, 0.1) is 5.41 Å². The molecule has 0 aliphatic heterocycles. The Bertz CT molecular complexity index is 952. The molecule has 1 atom stereocenters. The molecule has 3 rings (SSSR count). The van der Waals surface area contributed by atoms with Gasteiger partial charge in [0.2, 0.25) is 6.29 Å². The Morgan fingerprint density at radius 2 is 1.21 bits per heavy atom. The molecule has 0 bridgehead atoms. The smallest absolute Gasteiger partial charge is 0.336 e. The lowest BCUT2D eigenvalue weighted by molar-refractivity contribution is -0.159. The number of hydrogen-bond donors (Lipinski definition) is 2. The van der Waals surface area contributed by atoms with Crippen LogP contribution in [0, 0.1) is 0 Å². The summed E-state index contributed by atoms with van der Waals surface area (Å²) in [5.74, 6) is -0.775. The maximum absolute atomic E-state index is 13.1. The number of thiol groups is 1. The minimum atomic E-state index is -1.71. The second-order valence-electron chi connectivity index (χ2n) is 9.02. The molecule has 171 valence electrons. The molecule has 1 radical (unpaired) electrons. The first-order valence-corrected chi connectivity index (χ1v) is 11.6. The van der Waals surface area contributed by atoms with Gasteiger partial charge >= 0.3 is 5.97 Å². The van der Waals surface area contributed by atoms with Gasteiger partial charge in [0.15, 0.2) is 5.54 Å². The van der Waals surface area contributed by atoms with Crippen LogP contribution in [0.5, 0.6) is 0 Å². The molecule has 0 heterocycles. The molecular formula is C28H30NO3S. The molecule has 0 saturated carbocycles. The molecule has 0 unspecified atom stereocenters. The van der Waals surface area contributed by atoms with Crippen molar-refractivity contribution in [3.05, 3.63) is 108 Å². The van der Waals surface area contributed by atoms with Gasteiger partial charge in [-0.25, -0.2) is 4.79 Å². The van der Waals surface area contributed by atoms with E-state index in [-0.39, 0.29) is 12.3 Å². The summed E-state index contributed by atoms with van der Waals surface area (Å²) in [7, 11) is 0. The number of carbonyl (C=O) groups excluding carboxylic acids is 2. The van der Waals surface area contributed by atoms with Crippen molar-refractivity contribution in [1.29, 1.82) is 0 Å². The highest BCUT2D eigenvalue weighted by molar-refractivity contribution is 7.80. The van der Waals surface area contributed by atoms with E-state index in [1.807, 2.05) is 60.9 Å². The average molecular weight is 461 g/mol. The maximum atomic E-state index is 13.1. The van der Waals surface area contributed by atoms with Crippen molar-refractivity contribution in [1.82, 2.24) is 5.32 Å². The van der Waals surface area contributed by atoms with E-state index < -0.39 is 22.5 Å². The third-order valence-corrected chi connectivity index (χ3v) is 6.09. The molecule has 0 amide bonds. The van der Waals surface area contributed by atoms with Crippen molar-refractivity contribution in [2.24, 2.45) is 0 Å². The van der Waals surface area contributed by atoms with Crippen LogP contribution in [0.1, 0.15) is 37.5 Å². The van der Waals surface area contributed by atoms with Crippen molar-refractivity contribution in [2.45, 2.75) is 37.3 Å². The van der Waals surface area contributed by atoms with Gasteiger partial charge in [0, 0.05) is 12.3 Å². The fourth-order valence-corrected chi connectivity index (χ4v) is 4.23. The molecule has 0 aromatic heterocycles. The van der Waals surface area contributed by atoms with Crippen LogP contribution in [-0.4, -0.2) is 35.7 Å². The van der Waals surface area contributed by atoms with Crippen molar-refractivity contribution < 1.29 is 14.3 Å². The Balaban J connectivity index is 2.16. The molecule has 0 aliphatic rings. The molecule has 33 heavy (non-hydrogen) atoms. The van der Waals surface area contributed by atoms with Crippen LogP contribution in [0.2, 0.25) is 0 Å². The third kappa shape index (κ3) is 5.37. The Labute approximate surface area is 201 Å². The second kappa shape index (κ2) is 10.4. The van der Waals surface area contributed by atoms with Gasteiger partial charge in [-0.3, -0.25) is 10.1 Å². The Morgan fingerprint density at radius 3 is 1.52 bits per heavy atom. The quantitative estimate of drug-likeness (QED) is 0.210. The summed E-state index contributed by atoms with van der Waals surface area (Å²) in [6, 6.07) is 30.2. The van der Waals surface area contributed by atoms with E-state index in [4.69, 9.17) is 4.74 Å². The van der Waals surface area contributed by atoms with Gasteiger partial charge in [0.1, 0.15) is 5.60 Å². The number of ether oxygens (including phenoxy) is 1. The van der Waals surface area contributed by atoms with Crippen LogP contribution >= 0.6 is 12.6 Å². The van der Waals surface area contributed by atoms with Crippen LogP contribution < -0.4 is 5.32 Å². The Hall–Kier alpha value is -2.89. The number of esters is 1. The maximum Gasteiger partial charge on any atom is 0.336 e. The Kier molecular flexibility index (Phi) is 7.77. The van der Waals surface area contributed by atoms with E-state index >= 15 is 0 Å². The SMILES string of the molecule is CC(C)(C)OC(=O)[C@@]([C]=O)(CS)NCC(c1ccccc1)(c1ccccc1)c1ccccc1. The molecular weight excluding hydrogens is 430 g/mol. The highest BCUT2D eigenvalue weighted by Gasteiger charge is 2.45. The number of benzene rings is 3. The number of hydrogen-bond acceptors (Lipinski definition) is 5. The zero-order valence-electron chi connectivity index (χ0n) is 19.2. The monoisotopic (exact) mass is 460 g/mol. The molecule has 3 aromatic carbocycles. The molecule has 1 N–H and O–H groups in total. The number of rotatable bonds is 9. The highest BCUT2D eigenvalue weighted by atomic mass is 32.1. The predicted octanol–water partition coefficient (Wildman–Crippen LogP) is 4.73. The molecule has 5 heteroatoms. The van der Waals surface area contributed by atoms with E-state index in [0.29, 0.717) is 0 Å². The van der Waals surface area contributed by atoms with E-state index in [9.17, 15) is 9.59 Å². The first-order chi connectivity index (χ1) is 15.8. The van der Waals surface area contributed by atoms with Gasteiger partial charge in [-0.15, -0.1) is 0 Å². The topological polar surface area (TPSA) is 55.4 Å². The molecule has 0 fully saturated rings. The summed E-state index contributed by atoms with van der Waals surface area (Å²) in [4.78, 5) is 25.2. The molecule has 4 nitrogen and oxygen atoms in total. The standard InChI is InChI=1S/C28H30NO3S/c1-26(2,3)32-25(31)27(20-30,21-33)29-19-28(22-13-7-4-8-14-22,23-15-9-5-10-16-23)24-17-11-6-12-18-24/h4-18,29,33H,19,21H2,1-3H3/t27-/m1/s1. The zero-order valence-corrected chi connectivity index (χ0v) is 20.1. The first kappa shape index (κ1) is 24.7. The van der Waals surface area contributed by atoms with Crippen molar-refractivity contribution >= 4 is 24.9 Å². The fraction of sp³-hybridized carbons (Fsp3) is 0.286. The van der Waals surface area contributed by atoms with Gasteiger partial charge in [-0.05, 0) is 37.5 Å². The van der Waals surface area contributed by atoms with Crippen LogP contribution in [0.3, 0.4) is 0 Å². The summed E-state index contributed by atoms with van der Waals surface area (Å²) >= 11 is 4.34. The van der Waals surface area contributed by atoms with Gasteiger partial charge < -0.3 is 4.74 Å². The van der Waals surface area contributed by atoms with E-state index in [2.05, 4.69) is 54.3 Å². The predicted molar refractivity (Wildman–Crippen MR) is 135 cm³/mol. The van der Waals surface area contributed by atoms with Crippen molar-refractivity contribution in [3.63, 3.8) is 0 Å². The lowest BCUT2D eigenvalue weighted by Gasteiger charge is -2.39. The molecule has 3 aromatic rings. The lowest BCUT2D eigenvalue weighted by Crippen LogP contribution is -2.60. The molecule has 0 spiro atoms. The van der Waals surface area contributed by atoms with E-state index in [1.165, 1.54) is 0 Å². The van der Waals surface area contributed by atoms with Crippen LogP contribution in [0.25, 0.3) is 0 Å². The lowest BCUT2D eigenvalue weighted by atomic mass is 9.69. The summed E-state index contributed by atoms with van der Waals surface area (Å²) in [6.45, 7) is 5.55. The summed E-state index contributed by atoms with van der Waals surface area (Å²) in [5, 5.41) is 3.22. The van der Waals surface area contributed by atoms with Crippen LogP contribution in [0.15, 0.2) is 91.0 Å². The first-order valence-electron chi connectivity index (χ1n) is 10.9. The normalized spacial score (nSPS) is 13.7. The van der Waals surface area contributed by atoms with Gasteiger partial charge in [-0.1, -0.05) is 91.0 Å². The van der Waals surface area contributed by atoms with Gasteiger partial charge in [-0.2, -0.15) is 12.6 Å². The Morgan fingerprint density at radius 1 is 0.818 bits per heavy atom. The average Bonchev–Trinajstić information content (AvgIpc) is 2.83. The van der Waals surface area contributed by atoms with E-state index in [1.54, 1.807) is 20.8 Å². The summed E-state index contributed by atoms with van der Waals surface area (Å²) in [6.07, 6.45) is 1.90. The molecule has 0 aliphatic carbocycles. The summed E-state index contributed by atoms with van der Waals surface area (Å²) < 4.78 is 5.55. The number of carbonyl (C=O) groups is 1. The van der Waals surface area contributed by atoms with Crippen molar-refractivity contribution in [3.8, 4) is 0 Å². The fourth-order valence-electron chi connectivity index (χ4n) is 3.93. The van der Waals surface area contributed by atoms with Crippen LogP contribution in [0.4, 0.5) is 0 Å². The van der Waals surface area contributed by atoms with Crippen LogP contribution in [-0.2, 0) is 19.7 Å². The molecule has 0 saturated heterocycles. The minimum absolute atomic E-state index is 0.0835.